The van der Waals surface area contributed by atoms with Gasteiger partial charge in [0.25, 0.3) is 0 Å². The summed E-state index contributed by atoms with van der Waals surface area (Å²) in [6, 6.07) is 5.72. The summed E-state index contributed by atoms with van der Waals surface area (Å²) in [6.07, 6.45) is 1.57. The molecule has 3 heterocycles. The Kier molecular flexibility index (Phi) is 2.47. The molecule has 19 heavy (non-hydrogen) atoms. The summed E-state index contributed by atoms with van der Waals surface area (Å²) in [6.45, 7) is 6.26. The van der Waals surface area contributed by atoms with Crippen molar-refractivity contribution in [3.8, 4) is 17.5 Å². The van der Waals surface area contributed by atoms with Crippen molar-refractivity contribution < 1.29 is 4.42 Å². The number of hydrogen-bond acceptors (Lipinski definition) is 5. The molecular formula is C13H12N4OS. The zero-order valence-electron chi connectivity index (χ0n) is 10.8. The fourth-order valence-electron chi connectivity index (χ4n) is 1.74. The van der Waals surface area contributed by atoms with Crippen LogP contribution in [0.1, 0.15) is 31.5 Å². The molecule has 5 nitrogen and oxygen atoms in total. The van der Waals surface area contributed by atoms with E-state index < -0.39 is 0 Å². The van der Waals surface area contributed by atoms with E-state index in [2.05, 4.69) is 36.9 Å². The first kappa shape index (κ1) is 11.9. The standard InChI is InChI=1S/C13H12N4OS/c1-13(2,3)11-16-17-8(7-14)10(15-12(17)19-11)9-5-4-6-18-9/h4-6H,1-3H3. The number of rotatable bonds is 1. The van der Waals surface area contributed by atoms with Crippen molar-refractivity contribution in [3.05, 3.63) is 29.1 Å². The molecule has 0 aliphatic heterocycles. The molecular weight excluding hydrogens is 260 g/mol. The van der Waals surface area contributed by atoms with E-state index in [0.717, 1.165) is 5.01 Å². The second kappa shape index (κ2) is 3.93. The Morgan fingerprint density at radius 1 is 1.42 bits per heavy atom. The van der Waals surface area contributed by atoms with Gasteiger partial charge in [-0.25, -0.2) is 4.98 Å². The van der Waals surface area contributed by atoms with Crippen LogP contribution in [0.25, 0.3) is 16.4 Å². The van der Waals surface area contributed by atoms with Crippen LogP contribution in [0.4, 0.5) is 0 Å². The van der Waals surface area contributed by atoms with Crippen molar-refractivity contribution >= 4 is 16.3 Å². The van der Waals surface area contributed by atoms with Gasteiger partial charge in [-0.1, -0.05) is 32.1 Å². The molecule has 0 atom stereocenters. The first-order valence-corrected chi connectivity index (χ1v) is 6.66. The molecule has 0 saturated carbocycles. The lowest BCUT2D eigenvalue weighted by molar-refractivity contribution is 0.572. The molecule has 0 bridgehead atoms. The number of aromatic nitrogens is 3. The van der Waals surface area contributed by atoms with Crippen LogP contribution in [-0.2, 0) is 5.41 Å². The SMILES string of the molecule is CC(C)(C)c1nn2c(C#N)c(-c3ccco3)nc2s1. The van der Waals surface area contributed by atoms with Gasteiger partial charge in [0.05, 0.1) is 6.26 Å². The van der Waals surface area contributed by atoms with Crippen molar-refractivity contribution in [2.75, 3.05) is 0 Å². The molecule has 0 spiro atoms. The monoisotopic (exact) mass is 272 g/mol. The average Bonchev–Trinajstić information content (AvgIpc) is 3.02. The van der Waals surface area contributed by atoms with Crippen LogP contribution < -0.4 is 0 Å². The summed E-state index contributed by atoms with van der Waals surface area (Å²) < 4.78 is 6.91. The predicted octanol–water partition coefficient (Wildman–Crippen LogP) is 3.22. The minimum atomic E-state index is -0.0526. The molecule has 0 saturated heterocycles. The van der Waals surface area contributed by atoms with E-state index in [1.807, 2.05) is 0 Å². The molecule has 3 aromatic rings. The number of nitriles is 1. The highest BCUT2D eigenvalue weighted by molar-refractivity contribution is 7.16. The Labute approximate surface area is 114 Å². The van der Waals surface area contributed by atoms with Gasteiger partial charge in [0.2, 0.25) is 4.96 Å². The predicted molar refractivity (Wildman–Crippen MR) is 72.0 cm³/mol. The van der Waals surface area contributed by atoms with Gasteiger partial charge in [-0.2, -0.15) is 14.9 Å². The third-order valence-corrected chi connectivity index (χ3v) is 4.04. The number of fused-ring (bicyclic) bond motifs is 1. The third kappa shape index (κ3) is 1.83. The molecule has 0 amide bonds. The normalized spacial score (nSPS) is 11.9. The number of hydrogen-bond donors (Lipinski definition) is 0. The van der Waals surface area contributed by atoms with Crippen molar-refractivity contribution in [2.24, 2.45) is 0 Å². The summed E-state index contributed by atoms with van der Waals surface area (Å²) >= 11 is 1.50. The van der Waals surface area contributed by atoms with Crippen LogP contribution in [0.15, 0.2) is 22.8 Å². The highest BCUT2D eigenvalue weighted by Crippen LogP contribution is 2.31. The van der Waals surface area contributed by atoms with Gasteiger partial charge in [0, 0.05) is 5.41 Å². The van der Waals surface area contributed by atoms with Crippen molar-refractivity contribution in [2.45, 2.75) is 26.2 Å². The molecule has 3 rings (SSSR count). The van der Waals surface area contributed by atoms with Gasteiger partial charge >= 0.3 is 0 Å². The molecule has 0 unspecified atom stereocenters. The number of nitrogens with zero attached hydrogens (tertiary/aromatic N) is 4. The molecule has 0 N–H and O–H groups in total. The van der Waals surface area contributed by atoms with Crippen LogP contribution in [0, 0.1) is 11.3 Å². The highest BCUT2D eigenvalue weighted by atomic mass is 32.1. The molecule has 0 fully saturated rings. The zero-order valence-corrected chi connectivity index (χ0v) is 11.7. The van der Waals surface area contributed by atoms with E-state index in [0.29, 0.717) is 22.1 Å². The van der Waals surface area contributed by atoms with Gasteiger partial charge in [-0.15, -0.1) is 0 Å². The van der Waals surface area contributed by atoms with Gasteiger partial charge in [-0.3, -0.25) is 0 Å². The summed E-state index contributed by atoms with van der Waals surface area (Å²) in [5.74, 6) is 0.589. The third-order valence-electron chi connectivity index (χ3n) is 2.71. The van der Waals surface area contributed by atoms with Crippen LogP contribution in [-0.4, -0.2) is 14.6 Å². The van der Waals surface area contributed by atoms with E-state index in [1.54, 1.807) is 22.9 Å². The van der Waals surface area contributed by atoms with Gasteiger partial charge in [0.15, 0.2) is 11.5 Å². The topological polar surface area (TPSA) is 67.1 Å². The quantitative estimate of drug-likeness (QED) is 0.682. The van der Waals surface area contributed by atoms with Gasteiger partial charge < -0.3 is 4.42 Å². The van der Waals surface area contributed by atoms with Crippen LogP contribution in [0.5, 0.6) is 0 Å². The van der Waals surface area contributed by atoms with Crippen molar-refractivity contribution in [1.29, 1.82) is 5.26 Å². The first-order valence-electron chi connectivity index (χ1n) is 5.85. The lowest BCUT2D eigenvalue weighted by atomic mass is 9.98. The highest BCUT2D eigenvalue weighted by Gasteiger charge is 2.24. The maximum Gasteiger partial charge on any atom is 0.214 e. The van der Waals surface area contributed by atoms with E-state index >= 15 is 0 Å². The minimum absolute atomic E-state index is 0.0526. The summed E-state index contributed by atoms with van der Waals surface area (Å²) in [7, 11) is 0. The minimum Gasteiger partial charge on any atom is -0.463 e. The fourth-order valence-corrected chi connectivity index (χ4v) is 2.69. The number of furan rings is 1. The molecule has 0 aliphatic carbocycles. The smallest absolute Gasteiger partial charge is 0.214 e. The van der Waals surface area contributed by atoms with E-state index in [1.165, 1.54) is 11.3 Å². The zero-order chi connectivity index (χ0) is 13.6. The van der Waals surface area contributed by atoms with Gasteiger partial charge in [-0.05, 0) is 12.1 Å². The summed E-state index contributed by atoms with van der Waals surface area (Å²) in [4.78, 5) is 5.18. The number of imidazole rings is 1. The lowest BCUT2D eigenvalue weighted by Crippen LogP contribution is -2.11. The molecule has 0 aliphatic rings. The van der Waals surface area contributed by atoms with E-state index in [9.17, 15) is 5.26 Å². The van der Waals surface area contributed by atoms with Crippen molar-refractivity contribution in [3.63, 3.8) is 0 Å². The van der Waals surface area contributed by atoms with Crippen LogP contribution >= 0.6 is 11.3 Å². The Balaban J connectivity index is 2.24. The Hall–Kier alpha value is -2.13. The second-order valence-electron chi connectivity index (χ2n) is 5.25. The maximum atomic E-state index is 9.33. The Morgan fingerprint density at radius 2 is 2.21 bits per heavy atom. The van der Waals surface area contributed by atoms with Crippen molar-refractivity contribution in [1.82, 2.24) is 14.6 Å². The second-order valence-corrected chi connectivity index (χ2v) is 6.21. The fraction of sp³-hybridized carbons (Fsp3) is 0.308. The van der Waals surface area contributed by atoms with Gasteiger partial charge in [0.1, 0.15) is 16.8 Å². The molecule has 96 valence electrons. The molecule has 0 aromatic carbocycles. The summed E-state index contributed by atoms with van der Waals surface area (Å²) in [5.41, 5.74) is 0.909. The largest absolute Gasteiger partial charge is 0.463 e. The Bertz CT molecular complexity index is 768. The molecule has 0 radical (unpaired) electrons. The lowest BCUT2D eigenvalue weighted by Gasteiger charge is -2.12. The van der Waals surface area contributed by atoms with Crippen LogP contribution in [0.2, 0.25) is 0 Å². The average molecular weight is 272 g/mol. The summed E-state index contributed by atoms with van der Waals surface area (Å²) in [5, 5.41) is 14.8. The first-order chi connectivity index (χ1) is 9.00. The molecule has 3 aromatic heterocycles. The molecule has 6 heteroatoms. The van der Waals surface area contributed by atoms with E-state index in [-0.39, 0.29) is 5.41 Å². The van der Waals surface area contributed by atoms with E-state index in [4.69, 9.17) is 4.42 Å². The maximum absolute atomic E-state index is 9.33. The van der Waals surface area contributed by atoms with Crippen LogP contribution in [0.3, 0.4) is 0 Å². The Morgan fingerprint density at radius 3 is 2.79 bits per heavy atom.